The molecule has 0 aliphatic carbocycles. The molecule has 1 heterocycles. The highest BCUT2D eigenvalue weighted by molar-refractivity contribution is 5.86. The number of amides is 1. The Kier molecular flexibility index (Phi) is 4.74. The first-order valence-corrected chi connectivity index (χ1v) is 7.86. The predicted molar refractivity (Wildman–Crippen MR) is 93.1 cm³/mol. The molecule has 1 aromatic heterocycles. The number of carbonyl (C=O) groups is 1. The Labute approximate surface area is 135 Å². The highest BCUT2D eigenvalue weighted by atomic mass is 16.2. The van der Waals surface area contributed by atoms with Crippen molar-refractivity contribution in [1.82, 2.24) is 10.3 Å². The Bertz CT molecular complexity index is 779. The molecule has 23 heavy (non-hydrogen) atoms. The van der Waals surface area contributed by atoms with Gasteiger partial charge in [0, 0.05) is 23.6 Å². The molecule has 3 aromatic rings. The minimum atomic E-state index is -0.537. The standard InChI is InChI=1S/C19H21N3O/c20-17(12-15-13-22-18-9-5-4-8-16(15)18)19(23)21-11-10-14-6-2-1-3-7-14/h1-9,13,17,22H,10-12,20H2,(H,21,23)/t17-/m0/s1. The molecular weight excluding hydrogens is 286 g/mol. The van der Waals surface area contributed by atoms with Gasteiger partial charge in [-0.1, -0.05) is 48.5 Å². The van der Waals surface area contributed by atoms with Crippen LogP contribution in [0.3, 0.4) is 0 Å². The summed E-state index contributed by atoms with van der Waals surface area (Å²) in [6.45, 7) is 0.602. The van der Waals surface area contributed by atoms with Crippen LogP contribution in [0.1, 0.15) is 11.1 Å². The third-order valence-corrected chi connectivity index (χ3v) is 4.01. The van der Waals surface area contributed by atoms with E-state index in [0.29, 0.717) is 13.0 Å². The topological polar surface area (TPSA) is 70.9 Å². The van der Waals surface area contributed by atoms with Gasteiger partial charge in [0.15, 0.2) is 0 Å². The van der Waals surface area contributed by atoms with Gasteiger partial charge in [-0.2, -0.15) is 0 Å². The average molecular weight is 307 g/mol. The molecule has 118 valence electrons. The van der Waals surface area contributed by atoms with Gasteiger partial charge in [0.05, 0.1) is 6.04 Å². The van der Waals surface area contributed by atoms with Crippen molar-refractivity contribution in [2.75, 3.05) is 6.54 Å². The summed E-state index contributed by atoms with van der Waals surface area (Å²) in [5.41, 5.74) is 9.40. The molecule has 2 aromatic carbocycles. The van der Waals surface area contributed by atoms with Gasteiger partial charge in [-0.3, -0.25) is 4.79 Å². The van der Waals surface area contributed by atoms with Gasteiger partial charge in [0.25, 0.3) is 0 Å². The predicted octanol–water partition coefficient (Wildman–Crippen LogP) is 2.40. The van der Waals surface area contributed by atoms with Crippen molar-refractivity contribution in [2.24, 2.45) is 5.73 Å². The Hall–Kier alpha value is -2.59. The van der Waals surface area contributed by atoms with Crippen LogP contribution in [-0.4, -0.2) is 23.5 Å². The third-order valence-electron chi connectivity index (χ3n) is 4.01. The fourth-order valence-electron chi connectivity index (χ4n) is 2.74. The van der Waals surface area contributed by atoms with Gasteiger partial charge in [-0.25, -0.2) is 0 Å². The number of carbonyl (C=O) groups excluding carboxylic acids is 1. The molecule has 1 atom stereocenters. The van der Waals surface area contributed by atoms with E-state index < -0.39 is 6.04 Å². The Morgan fingerprint density at radius 2 is 1.83 bits per heavy atom. The molecule has 0 aliphatic rings. The Balaban J connectivity index is 1.53. The Morgan fingerprint density at radius 3 is 2.65 bits per heavy atom. The lowest BCUT2D eigenvalue weighted by molar-refractivity contribution is -0.122. The summed E-state index contributed by atoms with van der Waals surface area (Å²) in [7, 11) is 0. The van der Waals surface area contributed by atoms with E-state index in [-0.39, 0.29) is 5.91 Å². The van der Waals surface area contributed by atoms with E-state index in [9.17, 15) is 4.79 Å². The third kappa shape index (κ3) is 3.79. The van der Waals surface area contributed by atoms with Crippen molar-refractivity contribution < 1.29 is 4.79 Å². The van der Waals surface area contributed by atoms with Crippen LogP contribution in [0.15, 0.2) is 60.8 Å². The van der Waals surface area contributed by atoms with Crippen molar-refractivity contribution >= 4 is 16.8 Å². The number of aromatic nitrogens is 1. The number of hydrogen-bond acceptors (Lipinski definition) is 2. The van der Waals surface area contributed by atoms with Crippen LogP contribution in [0.25, 0.3) is 10.9 Å². The van der Waals surface area contributed by atoms with Crippen LogP contribution in [-0.2, 0) is 17.6 Å². The lowest BCUT2D eigenvalue weighted by Gasteiger charge is -2.12. The summed E-state index contributed by atoms with van der Waals surface area (Å²) in [6, 6.07) is 17.6. The summed E-state index contributed by atoms with van der Waals surface area (Å²) >= 11 is 0. The zero-order chi connectivity index (χ0) is 16.1. The molecule has 4 heteroatoms. The number of fused-ring (bicyclic) bond motifs is 1. The van der Waals surface area contributed by atoms with E-state index in [0.717, 1.165) is 22.9 Å². The second-order valence-electron chi connectivity index (χ2n) is 5.70. The van der Waals surface area contributed by atoms with Crippen molar-refractivity contribution in [3.8, 4) is 0 Å². The molecule has 0 spiro atoms. The highest BCUT2D eigenvalue weighted by Crippen LogP contribution is 2.18. The van der Waals surface area contributed by atoms with Crippen LogP contribution in [0.5, 0.6) is 0 Å². The minimum absolute atomic E-state index is 0.105. The molecule has 4 N–H and O–H groups in total. The molecule has 0 radical (unpaired) electrons. The minimum Gasteiger partial charge on any atom is -0.361 e. The number of rotatable bonds is 6. The van der Waals surface area contributed by atoms with Gasteiger partial charge in [-0.15, -0.1) is 0 Å². The van der Waals surface area contributed by atoms with E-state index in [4.69, 9.17) is 5.73 Å². The highest BCUT2D eigenvalue weighted by Gasteiger charge is 2.15. The number of nitrogens with two attached hydrogens (primary N) is 1. The van der Waals surface area contributed by atoms with Gasteiger partial charge < -0.3 is 16.0 Å². The normalized spacial score (nSPS) is 12.2. The van der Waals surface area contributed by atoms with Crippen LogP contribution in [0.2, 0.25) is 0 Å². The summed E-state index contributed by atoms with van der Waals surface area (Å²) in [4.78, 5) is 15.4. The summed E-state index contributed by atoms with van der Waals surface area (Å²) in [5, 5.41) is 4.04. The molecule has 0 saturated carbocycles. The quantitative estimate of drug-likeness (QED) is 0.654. The maximum Gasteiger partial charge on any atom is 0.237 e. The van der Waals surface area contributed by atoms with Crippen molar-refractivity contribution in [3.05, 3.63) is 71.9 Å². The SMILES string of the molecule is N[C@@H](Cc1c[nH]c2ccccc12)C(=O)NCCc1ccccc1. The monoisotopic (exact) mass is 307 g/mol. The number of hydrogen-bond donors (Lipinski definition) is 3. The molecular formula is C19H21N3O. The molecule has 0 fully saturated rings. The summed E-state index contributed by atoms with van der Waals surface area (Å²) < 4.78 is 0. The van der Waals surface area contributed by atoms with Crippen molar-refractivity contribution in [1.29, 1.82) is 0 Å². The van der Waals surface area contributed by atoms with E-state index >= 15 is 0 Å². The van der Waals surface area contributed by atoms with E-state index in [1.54, 1.807) is 0 Å². The molecule has 4 nitrogen and oxygen atoms in total. The lowest BCUT2D eigenvalue weighted by Crippen LogP contribution is -2.42. The van der Waals surface area contributed by atoms with E-state index in [1.807, 2.05) is 48.7 Å². The fraction of sp³-hybridized carbons (Fsp3) is 0.211. The first-order valence-electron chi connectivity index (χ1n) is 7.86. The molecule has 0 unspecified atom stereocenters. The van der Waals surface area contributed by atoms with E-state index in [2.05, 4.69) is 22.4 Å². The zero-order valence-corrected chi connectivity index (χ0v) is 13.0. The number of H-pyrrole nitrogens is 1. The van der Waals surface area contributed by atoms with E-state index in [1.165, 1.54) is 5.56 Å². The summed E-state index contributed by atoms with van der Waals surface area (Å²) in [6.07, 6.45) is 3.27. The number of para-hydroxylation sites is 1. The number of nitrogens with one attached hydrogen (secondary N) is 2. The Morgan fingerprint density at radius 1 is 1.09 bits per heavy atom. The maximum absolute atomic E-state index is 12.1. The lowest BCUT2D eigenvalue weighted by atomic mass is 10.0. The van der Waals surface area contributed by atoms with Crippen molar-refractivity contribution in [2.45, 2.75) is 18.9 Å². The molecule has 0 aliphatic heterocycles. The summed E-state index contributed by atoms with van der Waals surface area (Å²) in [5.74, 6) is -0.105. The first-order chi connectivity index (χ1) is 11.2. The van der Waals surface area contributed by atoms with Crippen LogP contribution >= 0.6 is 0 Å². The molecule has 3 rings (SSSR count). The second kappa shape index (κ2) is 7.11. The maximum atomic E-state index is 12.1. The molecule has 0 saturated heterocycles. The van der Waals surface area contributed by atoms with Gasteiger partial charge in [0.2, 0.25) is 5.91 Å². The van der Waals surface area contributed by atoms with Crippen molar-refractivity contribution in [3.63, 3.8) is 0 Å². The number of aromatic amines is 1. The van der Waals surface area contributed by atoms with Gasteiger partial charge in [-0.05, 0) is 30.0 Å². The second-order valence-corrected chi connectivity index (χ2v) is 5.70. The van der Waals surface area contributed by atoms with Crippen LogP contribution in [0.4, 0.5) is 0 Å². The average Bonchev–Trinajstić information content (AvgIpc) is 2.99. The van der Waals surface area contributed by atoms with Gasteiger partial charge >= 0.3 is 0 Å². The molecule has 1 amide bonds. The first kappa shape index (κ1) is 15.3. The fourth-order valence-corrected chi connectivity index (χ4v) is 2.74. The number of benzene rings is 2. The molecule has 0 bridgehead atoms. The smallest absolute Gasteiger partial charge is 0.237 e. The van der Waals surface area contributed by atoms with Crippen LogP contribution in [0, 0.1) is 0 Å². The largest absolute Gasteiger partial charge is 0.361 e. The van der Waals surface area contributed by atoms with Crippen LogP contribution < -0.4 is 11.1 Å². The van der Waals surface area contributed by atoms with Gasteiger partial charge in [0.1, 0.15) is 0 Å². The zero-order valence-electron chi connectivity index (χ0n) is 13.0.